The molecule has 2 rings (SSSR count). The normalized spacial score (nSPS) is 11.9. The molecular weight excluding hydrogens is 410 g/mol. The number of aliphatic imine (C=N–C) groups is 1. The van der Waals surface area contributed by atoms with Crippen LogP contribution in [0.4, 0.5) is 0 Å². The number of ether oxygens (including phenoxy) is 1. The van der Waals surface area contributed by atoms with E-state index in [9.17, 15) is 8.42 Å². The average molecular weight is 438 g/mol. The van der Waals surface area contributed by atoms with Gasteiger partial charge < -0.3 is 15.4 Å². The minimum atomic E-state index is -3.27. The van der Waals surface area contributed by atoms with Gasteiger partial charge in [-0.2, -0.15) is 0 Å². The van der Waals surface area contributed by atoms with Crippen LogP contribution in [0.1, 0.15) is 18.9 Å². The Labute approximate surface area is 178 Å². The highest BCUT2D eigenvalue weighted by atomic mass is 35.5. The lowest BCUT2D eigenvalue weighted by atomic mass is 10.1. The fraction of sp³-hybridized carbons (Fsp3) is 0.381. The number of sulfone groups is 1. The predicted molar refractivity (Wildman–Crippen MR) is 119 cm³/mol. The lowest BCUT2D eigenvalue weighted by Gasteiger charge is -2.12. The van der Waals surface area contributed by atoms with Crippen molar-refractivity contribution in [2.75, 3.05) is 32.5 Å². The van der Waals surface area contributed by atoms with E-state index in [-0.39, 0.29) is 5.75 Å². The van der Waals surface area contributed by atoms with Crippen LogP contribution in [0.25, 0.3) is 0 Å². The Morgan fingerprint density at radius 3 is 2.55 bits per heavy atom. The molecule has 0 saturated carbocycles. The SMILES string of the molecule is CCNC(=NCCCS(=O)(=O)c1ccccc1)NCCc1ccc(OC)cc1Cl. The van der Waals surface area contributed by atoms with Gasteiger partial charge in [0.05, 0.1) is 17.8 Å². The van der Waals surface area contributed by atoms with Gasteiger partial charge in [0.2, 0.25) is 0 Å². The number of methoxy groups -OCH3 is 1. The van der Waals surface area contributed by atoms with Gasteiger partial charge in [0.15, 0.2) is 15.8 Å². The molecule has 0 aliphatic rings. The number of nitrogens with one attached hydrogen (secondary N) is 2. The first kappa shape index (κ1) is 23.0. The molecule has 29 heavy (non-hydrogen) atoms. The molecule has 8 heteroatoms. The fourth-order valence-electron chi connectivity index (χ4n) is 2.71. The van der Waals surface area contributed by atoms with Gasteiger partial charge in [-0.3, -0.25) is 4.99 Å². The lowest BCUT2D eigenvalue weighted by Crippen LogP contribution is -2.38. The smallest absolute Gasteiger partial charge is 0.191 e. The van der Waals surface area contributed by atoms with Crippen molar-refractivity contribution in [1.29, 1.82) is 0 Å². The maximum Gasteiger partial charge on any atom is 0.191 e. The monoisotopic (exact) mass is 437 g/mol. The molecule has 0 aliphatic heterocycles. The zero-order valence-electron chi connectivity index (χ0n) is 16.8. The molecule has 0 bridgehead atoms. The molecule has 2 aromatic carbocycles. The largest absolute Gasteiger partial charge is 0.497 e. The molecule has 0 radical (unpaired) electrons. The van der Waals surface area contributed by atoms with Crippen LogP contribution in [-0.4, -0.2) is 46.9 Å². The summed E-state index contributed by atoms with van der Waals surface area (Å²) in [7, 11) is -1.66. The standard InChI is InChI=1S/C21H28ClN3O3S/c1-3-23-21(25-14-12-17-10-11-18(28-2)16-20(17)22)24-13-7-15-29(26,27)19-8-5-4-6-9-19/h4-6,8-11,16H,3,7,12-15H2,1-2H3,(H2,23,24,25). The third kappa shape index (κ3) is 7.59. The number of guanidine groups is 1. The van der Waals surface area contributed by atoms with Gasteiger partial charge in [-0.25, -0.2) is 8.42 Å². The molecule has 0 amide bonds. The number of hydrogen-bond donors (Lipinski definition) is 2. The zero-order valence-corrected chi connectivity index (χ0v) is 18.4. The number of hydrogen-bond acceptors (Lipinski definition) is 4. The summed E-state index contributed by atoms with van der Waals surface area (Å²) in [6, 6.07) is 14.1. The maximum absolute atomic E-state index is 12.3. The van der Waals surface area contributed by atoms with Gasteiger partial charge in [0.25, 0.3) is 0 Å². The molecule has 0 aliphatic carbocycles. The minimum absolute atomic E-state index is 0.0708. The number of nitrogens with zero attached hydrogens (tertiary/aromatic N) is 1. The van der Waals surface area contributed by atoms with Crippen molar-refractivity contribution in [3.05, 3.63) is 59.1 Å². The highest BCUT2D eigenvalue weighted by Gasteiger charge is 2.13. The van der Waals surface area contributed by atoms with E-state index in [1.165, 1.54) is 0 Å². The van der Waals surface area contributed by atoms with E-state index in [0.717, 1.165) is 24.3 Å². The van der Waals surface area contributed by atoms with Crippen LogP contribution in [-0.2, 0) is 16.3 Å². The number of benzene rings is 2. The molecule has 0 unspecified atom stereocenters. The summed E-state index contributed by atoms with van der Waals surface area (Å²) < 4.78 is 29.8. The third-order valence-electron chi connectivity index (χ3n) is 4.23. The van der Waals surface area contributed by atoms with Crippen LogP contribution >= 0.6 is 11.6 Å². The van der Waals surface area contributed by atoms with Gasteiger partial charge >= 0.3 is 0 Å². The lowest BCUT2D eigenvalue weighted by molar-refractivity contribution is 0.414. The highest BCUT2D eigenvalue weighted by molar-refractivity contribution is 7.91. The van der Waals surface area contributed by atoms with Gasteiger partial charge in [-0.05, 0) is 49.6 Å². The Balaban J connectivity index is 1.83. The van der Waals surface area contributed by atoms with Gasteiger partial charge in [0, 0.05) is 24.7 Å². The summed E-state index contributed by atoms with van der Waals surface area (Å²) in [5.41, 5.74) is 1.02. The second-order valence-electron chi connectivity index (χ2n) is 6.38. The Kier molecular flexibility index (Phi) is 9.28. The summed E-state index contributed by atoms with van der Waals surface area (Å²) in [5, 5.41) is 7.09. The fourth-order valence-corrected chi connectivity index (χ4v) is 4.29. The van der Waals surface area contributed by atoms with Gasteiger partial charge in [-0.15, -0.1) is 0 Å². The first-order chi connectivity index (χ1) is 14.0. The molecule has 158 valence electrons. The number of halogens is 1. The second-order valence-corrected chi connectivity index (χ2v) is 8.90. The Hall–Kier alpha value is -2.25. The van der Waals surface area contributed by atoms with Gasteiger partial charge in [-0.1, -0.05) is 35.9 Å². The van der Waals surface area contributed by atoms with E-state index in [2.05, 4.69) is 15.6 Å². The molecule has 2 aromatic rings. The van der Waals surface area contributed by atoms with Crippen LogP contribution in [0.3, 0.4) is 0 Å². The van der Waals surface area contributed by atoms with E-state index >= 15 is 0 Å². The quantitative estimate of drug-likeness (QED) is 0.338. The summed E-state index contributed by atoms with van der Waals surface area (Å²) in [6.07, 6.45) is 1.19. The van der Waals surface area contributed by atoms with Crippen LogP contribution < -0.4 is 15.4 Å². The Morgan fingerprint density at radius 1 is 1.14 bits per heavy atom. The average Bonchev–Trinajstić information content (AvgIpc) is 2.72. The summed E-state index contributed by atoms with van der Waals surface area (Å²) in [5.74, 6) is 1.46. The van der Waals surface area contributed by atoms with Crippen molar-refractivity contribution >= 4 is 27.4 Å². The van der Waals surface area contributed by atoms with Crippen molar-refractivity contribution in [2.45, 2.75) is 24.7 Å². The maximum atomic E-state index is 12.3. The van der Waals surface area contributed by atoms with Crippen molar-refractivity contribution in [3.8, 4) is 5.75 Å². The van der Waals surface area contributed by atoms with Crippen molar-refractivity contribution in [3.63, 3.8) is 0 Å². The highest BCUT2D eigenvalue weighted by Crippen LogP contribution is 2.22. The summed E-state index contributed by atoms with van der Waals surface area (Å²) in [6.45, 7) is 3.78. The van der Waals surface area contributed by atoms with Crippen LogP contribution in [0.2, 0.25) is 5.02 Å². The zero-order chi connectivity index (χ0) is 21.1. The van der Waals surface area contributed by atoms with E-state index < -0.39 is 9.84 Å². The Morgan fingerprint density at radius 2 is 1.90 bits per heavy atom. The van der Waals surface area contributed by atoms with E-state index in [0.29, 0.717) is 35.4 Å². The second kappa shape index (κ2) is 11.7. The molecule has 0 spiro atoms. The van der Waals surface area contributed by atoms with Crippen molar-refractivity contribution < 1.29 is 13.2 Å². The first-order valence-electron chi connectivity index (χ1n) is 9.58. The third-order valence-corrected chi connectivity index (χ3v) is 6.40. The minimum Gasteiger partial charge on any atom is -0.497 e. The molecular formula is C21H28ClN3O3S. The van der Waals surface area contributed by atoms with Crippen LogP contribution in [0, 0.1) is 0 Å². The Bertz CT molecular complexity index is 903. The van der Waals surface area contributed by atoms with Gasteiger partial charge in [0.1, 0.15) is 5.75 Å². The summed E-state index contributed by atoms with van der Waals surface area (Å²) in [4.78, 5) is 4.82. The van der Waals surface area contributed by atoms with Crippen LogP contribution in [0.15, 0.2) is 58.4 Å². The first-order valence-corrected chi connectivity index (χ1v) is 11.6. The molecule has 0 saturated heterocycles. The molecule has 0 heterocycles. The van der Waals surface area contributed by atoms with Crippen LogP contribution in [0.5, 0.6) is 5.75 Å². The van der Waals surface area contributed by atoms with E-state index in [4.69, 9.17) is 16.3 Å². The van der Waals surface area contributed by atoms with Crippen molar-refractivity contribution in [2.24, 2.45) is 4.99 Å². The molecule has 0 fully saturated rings. The molecule has 0 aromatic heterocycles. The van der Waals surface area contributed by atoms with E-state index in [1.54, 1.807) is 43.5 Å². The number of rotatable bonds is 10. The molecule has 2 N–H and O–H groups in total. The van der Waals surface area contributed by atoms with Crippen molar-refractivity contribution in [1.82, 2.24) is 10.6 Å². The topological polar surface area (TPSA) is 79.8 Å². The predicted octanol–water partition coefficient (Wildman–Crippen LogP) is 3.31. The molecule has 6 nitrogen and oxygen atoms in total. The van der Waals surface area contributed by atoms with E-state index in [1.807, 2.05) is 19.1 Å². The summed E-state index contributed by atoms with van der Waals surface area (Å²) >= 11 is 6.27. The molecule has 0 atom stereocenters.